The van der Waals surface area contributed by atoms with E-state index >= 15 is 0 Å². The summed E-state index contributed by atoms with van der Waals surface area (Å²) < 4.78 is 1.09. The molecule has 0 saturated carbocycles. The van der Waals surface area contributed by atoms with E-state index in [1.807, 2.05) is 30.3 Å². The average Bonchev–Trinajstić information content (AvgIpc) is 2.76. The van der Waals surface area contributed by atoms with Crippen molar-refractivity contribution in [1.82, 2.24) is 0 Å². The maximum Gasteiger partial charge on any atom is 0.166 e. The Morgan fingerprint density at radius 3 is 2.41 bits per heavy atom. The third-order valence-corrected chi connectivity index (χ3v) is 5.14. The maximum atomic E-state index is 4.80. The number of halogens is 1. The smallest absolute Gasteiger partial charge is 0.166 e. The Morgan fingerprint density at radius 2 is 1.73 bits per heavy atom. The normalized spacial score (nSPS) is 18.3. The Balaban J connectivity index is 1.80. The molecule has 112 valence electrons. The second kappa shape index (κ2) is 6.31. The SMILES string of the molecule is CC1(C)N=C(Nc2ccccc2)S/C1=C\c1ccc(Br)cc1. The minimum Gasteiger partial charge on any atom is -0.335 e. The lowest BCUT2D eigenvalue weighted by Gasteiger charge is -2.15. The van der Waals surface area contributed by atoms with E-state index in [2.05, 4.69) is 65.4 Å². The molecule has 1 aliphatic rings. The van der Waals surface area contributed by atoms with Crippen molar-refractivity contribution in [1.29, 1.82) is 0 Å². The second-order valence-electron chi connectivity index (χ2n) is 5.63. The highest BCUT2D eigenvalue weighted by atomic mass is 79.9. The summed E-state index contributed by atoms with van der Waals surface area (Å²) in [5.41, 5.74) is 2.05. The standard InChI is InChI=1S/C18H17BrN2S/c1-18(2)16(12-13-8-10-14(19)11-9-13)22-17(21-18)20-15-6-4-3-5-7-15/h3-12H,1-2H3,(H,20,21)/b16-12-. The van der Waals surface area contributed by atoms with Crippen LogP contribution in [0, 0.1) is 0 Å². The van der Waals surface area contributed by atoms with Crippen LogP contribution in [0.15, 0.2) is 69.0 Å². The van der Waals surface area contributed by atoms with Crippen LogP contribution in [-0.4, -0.2) is 10.7 Å². The Hall–Kier alpha value is -1.52. The van der Waals surface area contributed by atoms with Gasteiger partial charge in [-0.3, -0.25) is 4.99 Å². The van der Waals surface area contributed by atoms with Crippen molar-refractivity contribution in [3.05, 3.63) is 69.5 Å². The quantitative estimate of drug-likeness (QED) is 0.721. The Kier molecular flexibility index (Phi) is 4.41. The van der Waals surface area contributed by atoms with Gasteiger partial charge in [-0.1, -0.05) is 58.0 Å². The molecule has 0 spiro atoms. The number of anilines is 1. The molecule has 0 aliphatic carbocycles. The fourth-order valence-electron chi connectivity index (χ4n) is 2.18. The molecule has 2 aromatic carbocycles. The van der Waals surface area contributed by atoms with Crippen molar-refractivity contribution in [2.24, 2.45) is 4.99 Å². The molecule has 0 amide bonds. The molecule has 0 atom stereocenters. The molecule has 4 heteroatoms. The Labute approximate surface area is 143 Å². The first-order valence-electron chi connectivity index (χ1n) is 7.10. The van der Waals surface area contributed by atoms with Crippen molar-refractivity contribution in [3.63, 3.8) is 0 Å². The lowest BCUT2D eigenvalue weighted by atomic mass is 10.0. The molecule has 0 radical (unpaired) electrons. The number of thioether (sulfide) groups is 1. The highest BCUT2D eigenvalue weighted by Crippen LogP contribution is 2.40. The van der Waals surface area contributed by atoms with E-state index in [9.17, 15) is 0 Å². The summed E-state index contributed by atoms with van der Waals surface area (Å²) in [6.45, 7) is 4.29. The zero-order chi connectivity index (χ0) is 15.6. The van der Waals surface area contributed by atoms with Crippen LogP contribution in [0.3, 0.4) is 0 Å². The summed E-state index contributed by atoms with van der Waals surface area (Å²) in [7, 11) is 0. The minimum absolute atomic E-state index is 0.200. The Morgan fingerprint density at radius 1 is 1.05 bits per heavy atom. The van der Waals surface area contributed by atoms with Gasteiger partial charge >= 0.3 is 0 Å². The van der Waals surface area contributed by atoms with E-state index in [4.69, 9.17) is 4.99 Å². The third-order valence-electron chi connectivity index (χ3n) is 3.38. The van der Waals surface area contributed by atoms with E-state index < -0.39 is 0 Å². The average molecular weight is 373 g/mol. The predicted molar refractivity (Wildman–Crippen MR) is 101 cm³/mol. The van der Waals surface area contributed by atoms with Gasteiger partial charge in [0.1, 0.15) is 0 Å². The van der Waals surface area contributed by atoms with E-state index in [0.29, 0.717) is 0 Å². The summed E-state index contributed by atoms with van der Waals surface area (Å²) in [5, 5.41) is 4.33. The first-order chi connectivity index (χ1) is 10.5. The minimum atomic E-state index is -0.200. The van der Waals surface area contributed by atoms with Crippen LogP contribution in [0.2, 0.25) is 0 Å². The van der Waals surface area contributed by atoms with Crippen molar-refractivity contribution in [2.45, 2.75) is 19.4 Å². The van der Waals surface area contributed by atoms with E-state index in [0.717, 1.165) is 15.3 Å². The number of nitrogens with one attached hydrogen (secondary N) is 1. The summed E-state index contributed by atoms with van der Waals surface area (Å²) in [6.07, 6.45) is 2.21. The molecule has 22 heavy (non-hydrogen) atoms. The van der Waals surface area contributed by atoms with Gasteiger partial charge in [-0.15, -0.1) is 0 Å². The van der Waals surface area contributed by atoms with Gasteiger partial charge in [0.15, 0.2) is 5.17 Å². The molecule has 3 rings (SSSR count). The molecule has 0 fully saturated rings. The van der Waals surface area contributed by atoms with Gasteiger partial charge in [-0.25, -0.2) is 0 Å². The molecule has 0 saturated heterocycles. The fraction of sp³-hybridized carbons (Fsp3) is 0.167. The number of benzene rings is 2. The highest BCUT2D eigenvalue weighted by molar-refractivity contribution is 9.10. The van der Waals surface area contributed by atoms with E-state index in [1.54, 1.807) is 11.8 Å². The fourth-order valence-corrected chi connectivity index (χ4v) is 3.58. The third kappa shape index (κ3) is 3.62. The monoisotopic (exact) mass is 372 g/mol. The predicted octanol–water partition coefficient (Wildman–Crippen LogP) is 5.78. The van der Waals surface area contributed by atoms with Crippen molar-refractivity contribution in [2.75, 3.05) is 5.32 Å². The first-order valence-corrected chi connectivity index (χ1v) is 8.71. The number of amidine groups is 1. The highest BCUT2D eigenvalue weighted by Gasteiger charge is 2.31. The second-order valence-corrected chi connectivity index (χ2v) is 7.58. The molecule has 0 aromatic heterocycles. The van der Waals surface area contributed by atoms with Gasteiger partial charge in [0, 0.05) is 15.1 Å². The summed E-state index contributed by atoms with van der Waals surface area (Å²) >= 11 is 5.17. The molecule has 0 bridgehead atoms. The van der Waals surface area contributed by atoms with Crippen LogP contribution in [-0.2, 0) is 0 Å². The van der Waals surface area contributed by atoms with Crippen LogP contribution in [0.5, 0.6) is 0 Å². The number of nitrogens with zero attached hydrogens (tertiary/aromatic N) is 1. The van der Waals surface area contributed by atoms with Crippen LogP contribution in [0.25, 0.3) is 6.08 Å². The molecular formula is C18H17BrN2S. The van der Waals surface area contributed by atoms with Gasteiger partial charge in [-0.05, 0) is 49.8 Å². The summed E-state index contributed by atoms with van der Waals surface area (Å²) in [5.74, 6) is 0. The molecule has 0 unspecified atom stereocenters. The molecular weight excluding hydrogens is 356 g/mol. The van der Waals surface area contributed by atoms with Crippen LogP contribution in [0.1, 0.15) is 19.4 Å². The largest absolute Gasteiger partial charge is 0.335 e. The zero-order valence-electron chi connectivity index (χ0n) is 12.5. The van der Waals surface area contributed by atoms with Crippen LogP contribution < -0.4 is 5.32 Å². The number of hydrogen-bond acceptors (Lipinski definition) is 3. The zero-order valence-corrected chi connectivity index (χ0v) is 14.9. The lowest BCUT2D eigenvalue weighted by molar-refractivity contribution is 0.659. The van der Waals surface area contributed by atoms with Gasteiger partial charge in [-0.2, -0.15) is 0 Å². The summed E-state index contributed by atoms with van der Waals surface area (Å²) in [4.78, 5) is 6.05. The van der Waals surface area contributed by atoms with Crippen molar-refractivity contribution < 1.29 is 0 Å². The molecule has 1 heterocycles. The topological polar surface area (TPSA) is 24.4 Å². The number of aliphatic imine (C=N–C) groups is 1. The van der Waals surface area contributed by atoms with Crippen LogP contribution >= 0.6 is 27.7 Å². The number of para-hydroxylation sites is 1. The number of hydrogen-bond donors (Lipinski definition) is 1. The molecule has 1 aliphatic heterocycles. The van der Waals surface area contributed by atoms with Crippen molar-refractivity contribution in [3.8, 4) is 0 Å². The maximum absolute atomic E-state index is 4.80. The van der Waals surface area contributed by atoms with Crippen LogP contribution in [0.4, 0.5) is 5.69 Å². The molecule has 2 nitrogen and oxygen atoms in total. The van der Waals surface area contributed by atoms with E-state index in [1.165, 1.54) is 10.5 Å². The number of rotatable bonds is 2. The Bertz CT molecular complexity index is 719. The van der Waals surface area contributed by atoms with Crippen molar-refractivity contribution >= 4 is 44.6 Å². The van der Waals surface area contributed by atoms with Gasteiger partial charge in [0.05, 0.1) is 5.54 Å². The lowest BCUT2D eigenvalue weighted by Crippen LogP contribution is -2.14. The molecule has 1 N–H and O–H groups in total. The first kappa shape index (κ1) is 15.4. The summed E-state index contributed by atoms with van der Waals surface area (Å²) in [6, 6.07) is 18.5. The molecule has 2 aromatic rings. The van der Waals surface area contributed by atoms with E-state index in [-0.39, 0.29) is 5.54 Å². The van der Waals surface area contributed by atoms with Gasteiger partial charge in [0.25, 0.3) is 0 Å². The van der Waals surface area contributed by atoms with Gasteiger partial charge < -0.3 is 5.32 Å². The van der Waals surface area contributed by atoms with Gasteiger partial charge in [0.2, 0.25) is 0 Å².